The average Bonchev–Trinajstić information content (AvgIpc) is 2.39. The first kappa shape index (κ1) is 16.9. The Bertz CT molecular complexity index is 257. The normalized spacial score (nSPS) is 13.8. The number of carbonyl (C=O) groups excluding carboxylic acids is 2. The Morgan fingerprint density at radius 2 is 1.89 bits per heavy atom. The van der Waals surface area contributed by atoms with Crippen molar-refractivity contribution in [1.82, 2.24) is 5.32 Å². The topological polar surface area (TPSA) is 73.9 Å². The van der Waals surface area contributed by atoms with E-state index in [4.69, 9.17) is 9.47 Å². The van der Waals surface area contributed by atoms with Crippen LogP contribution in [-0.4, -0.2) is 52.0 Å². The summed E-state index contributed by atoms with van der Waals surface area (Å²) in [5.74, 6) is -0.753. The van der Waals surface area contributed by atoms with Gasteiger partial charge in [-0.05, 0) is 5.92 Å². The smallest absolute Gasteiger partial charge is 0.328 e. The molecule has 0 fully saturated rings. The summed E-state index contributed by atoms with van der Waals surface area (Å²) < 4.78 is 14.5. The van der Waals surface area contributed by atoms with Crippen molar-refractivity contribution in [2.24, 2.45) is 5.92 Å². The Morgan fingerprint density at radius 3 is 2.39 bits per heavy atom. The summed E-state index contributed by atoms with van der Waals surface area (Å²) in [4.78, 5) is 23.1. The fourth-order valence-electron chi connectivity index (χ4n) is 1.32. The number of nitrogens with one attached hydrogen (secondary N) is 1. The number of hydrogen-bond acceptors (Lipinski definition) is 5. The minimum atomic E-state index is -0.626. The molecule has 0 rings (SSSR count). The van der Waals surface area contributed by atoms with Gasteiger partial charge in [-0.3, -0.25) is 4.79 Å². The van der Waals surface area contributed by atoms with Crippen molar-refractivity contribution in [3.05, 3.63) is 0 Å². The molecule has 0 saturated heterocycles. The molecule has 2 atom stereocenters. The Balaban J connectivity index is 4.15. The van der Waals surface area contributed by atoms with E-state index in [1.807, 2.05) is 13.8 Å². The molecule has 0 aliphatic heterocycles. The zero-order valence-electron chi connectivity index (χ0n) is 11.5. The second-order valence-electron chi connectivity index (χ2n) is 4.00. The predicted molar refractivity (Wildman–Crippen MR) is 66.1 cm³/mol. The number of ether oxygens (including phenoxy) is 3. The van der Waals surface area contributed by atoms with Gasteiger partial charge in [0.1, 0.15) is 12.6 Å². The van der Waals surface area contributed by atoms with E-state index >= 15 is 0 Å². The lowest BCUT2D eigenvalue weighted by atomic mass is 9.99. The summed E-state index contributed by atoms with van der Waals surface area (Å²) in [5, 5.41) is 2.62. The minimum Gasteiger partial charge on any atom is -0.467 e. The molecule has 0 heterocycles. The molecular formula is C12H23NO5. The Morgan fingerprint density at radius 1 is 1.22 bits per heavy atom. The Hall–Kier alpha value is -1.14. The van der Waals surface area contributed by atoms with Crippen LogP contribution < -0.4 is 5.32 Å². The van der Waals surface area contributed by atoms with Crippen molar-refractivity contribution in [2.45, 2.75) is 26.3 Å². The Kier molecular flexibility index (Phi) is 9.22. The van der Waals surface area contributed by atoms with E-state index in [0.29, 0.717) is 13.2 Å². The largest absolute Gasteiger partial charge is 0.467 e. The standard InChI is InChI=1S/C12H23NO5/c1-5-9(2)11(12(15)17-4)13-10(14)8-18-7-6-16-3/h9,11H,5-8H2,1-4H3,(H,13,14)/t9-,11+/m1/s1. The second kappa shape index (κ2) is 9.85. The molecule has 0 saturated carbocycles. The van der Waals surface area contributed by atoms with Gasteiger partial charge in [-0.25, -0.2) is 4.79 Å². The molecule has 0 aliphatic rings. The van der Waals surface area contributed by atoms with Crippen LogP contribution in [0.1, 0.15) is 20.3 Å². The fraction of sp³-hybridized carbons (Fsp3) is 0.833. The predicted octanol–water partition coefficient (Wildman–Crippen LogP) is 0.353. The Labute approximate surface area is 108 Å². The van der Waals surface area contributed by atoms with Gasteiger partial charge in [0.2, 0.25) is 5.91 Å². The molecule has 6 heteroatoms. The van der Waals surface area contributed by atoms with E-state index in [2.05, 4.69) is 10.1 Å². The monoisotopic (exact) mass is 261 g/mol. The highest BCUT2D eigenvalue weighted by molar-refractivity contribution is 5.85. The van der Waals surface area contributed by atoms with E-state index in [-0.39, 0.29) is 18.4 Å². The number of amides is 1. The number of hydrogen-bond donors (Lipinski definition) is 1. The molecule has 18 heavy (non-hydrogen) atoms. The molecule has 0 aromatic rings. The summed E-state index contributed by atoms with van der Waals surface area (Å²) >= 11 is 0. The maximum atomic E-state index is 11.6. The lowest BCUT2D eigenvalue weighted by Gasteiger charge is -2.21. The number of methoxy groups -OCH3 is 2. The number of esters is 1. The lowest BCUT2D eigenvalue weighted by molar-refractivity contribution is -0.147. The second-order valence-corrected chi connectivity index (χ2v) is 4.00. The highest BCUT2D eigenvalue weighted by Gasteiger charge is 2.26. The summed E-state index contributed by atoms with van der Waals surface area (Å²) in [7, 11) is 2.86. The van der Waals surface area contributed by atoms with Gasteiger partial charge in [-0.15, -0.1) is 0 Å². The molecule has 0 spiro atoms. The van der Waals surface area contributed by atoms with Crippen LogP contribution in [0.4, 0.5) is 0 Å². The molecule has 6 nitrogen and oxygen atoms in total. The highest BCUT2D eigenvalue weighted by atomic mass is 16.5. The van der Waals surface area contributed by atoms with E-state index in [0.717, 1.165) is 6.42 Å². The van der Waals surface area contributed by atoms with Crippen LogP contribution in [0.25, 0.3) is 0 Å². The summed E-state index contributed by atoms with van der Waals surface area (Å²) in [6.07, 6.45) is 0.768. The van der Waals surface area contributed by atoms with Crippen molar-refractivity contribution in [3.8, 4) is 0 Å². The van der Waals surface area contributed by atoms with Crippen LogP contribution in [0.5, 0.6) is 0 Å². The molecule has 0 aromatic carbocycles. The highest BCUT2D eigenvalue weighted by Crippen LogP contribution is 2.09. The molecule has 0 unspecified atom stereocenters. The molecule has 0 radical (unpaired) electrons. The zero-order chi connectivity index (χ0) is 14.0. The van der Waals surface area contributed by atoms with E-state index in [1.54, 1.807) is 7.11 Å². The molecule has 0 aromatic heterocycles. The van der Waals surface area contributed by atoms with Gasteiger partial charge in [0.25, 0.3) is 0 Å². The maximum Gasteiger partial charge on any atom is 0.328 e. The molecule has 1 N–H and O–H groups in total. The van der Waals surface area contributed by atoms with Crippen molar-refractivity contribution in [3.63, 3.8) is 0 Å². The molecule has 1 amide bonds. The molecule has 0 bridgehead atoms. The quantitative estimate of drug-likeness (QED) is 0.479. The first-order chi connectivity index (χ1) is 8.56. The van der Waals surface area contributed by atoms with Gasteiger partial charge in [0.05, 0.1) is 20.3 Å². The summed E-state index contributed by atoms with van der Waals surface area (Å²) in [6.45, 7) is 4.51. The average molecular weight is 261 g/mol. The van der Waals surface area contributed by atoms with Crippen LogP contribution in [0.15, 0.2) is 0 Å². The number of carbonyl (C=O) groups is 2. The maximum absolute atomic E-state index is 11.6. The lowest BCUT2D eigenvalue weighted by Crippen LogP contribution is -2.47. The van der Waals surface area contributed by atoms with Crippen molar-refractivity contribution < 1.29 is 23.8 Å². The molecule has 0 aliphatic carbocycles. The molecular weight excluding hydrogens is 238 g/mol. The van der Waals surface area contributed by atoms with Gasteiger partial charge < -0.3 is 19.5 Å². The van der Waals surface area contributed by atoms with Crippen molar-refractivity contribution >= 4 is 11.9 Å². The third-order valence-electron chi connectivity index (χ3n) is 2.65. The van der Waals surface area contributed by atoms with Gasteiger partial charge >= 0.3 is 5.97 Å². The first-order valence-electron chi connectivity index (χ1n) is 6.00. The van der Waals surface area contributed by atoms with Crippen LogP contribution >= 0.6 is 0 Å². The zero-order valence-corrected chi connectivity index (χ0v) is 11.5. The third-order valence-corrected chi connectivity index (χ3v) is 2.65. The van der Waals surface area contributed by atoms with Crippen LogP contribution in [0.3, 0.4) is 0 Å². The van der Waals surface area contributed by atoms with Gasteiger partial charge in [0, 0.05) is 7.11 Å². The van der Waals surface area contributed by atoms with Crippen LogP contribution in [0.2, 0.25) is 0 Å². The van der Waals surface area contributed by atoms with E-state index in [1.165, 1.54) is 7.11 Å². The third kappa shape index (κ3) is 6.56. The fourth-order valence-corrected chi connectivity index (χ4v) is 1.32. The van der Waals surface area contributed by atoms with E-state index in [9.17, 15) is 9.59 Å². The van der Waals surface area contributed by atoms with Gasteiger partial charge in [0.15, 0.2) is 0 Å². The SMILES string of the molecule is CC[C@@H](C)[C@H](NC(=O)COCCOC)C(=O)OC. The summed E-state index contributed by atoms with van der Waals surface area (Å²) in [5.41, 5.74) is 0. The van der Waals surface area contributed by atoms with Crippen LogP contribution in [0, 0.1) is 5.92 Å². The van der Waals surface area contributed by atoms with Crippen molar-refractivity contribution in [2.75, 3.05) is 34.0 Å². The van der Waals surface area contributed by atoms with Crippen molar-refractivity contribution in [1.29, 1.82) is 0 Å². The van der Waals surface area contributed by atoms with Crippen LogP contribution in [-0.2, 0) is 23.8 Å². The number of rotatable bonds is 9. The minimum absolute atomic E-state index is 0.0142. The van der Waals surface area contributed by atoms with Gasteiger partial charge in [-0.1, -0.05) is 20.3 Å². The van der Waals surface area contributed by atoms with E-state index < -0.39 is 12.0 Å². The first-order valence-corrected chi connectivity index (χ1v) is 6.00. The summed E-state index contributed by atoms with van der Waals surface area (Å²) in [6, 6.07) is -0.626. The molecule has 106 valence electrons. The van der Waals surface area contributed by atoms with Gasteiger partial charge in [-0.2, -0.15) is 0 Å².